The van der Waals surface area contributed by atoms with Crippen LogP contribution in [0.15, 0.2) is 30.3 Å². The number of amides is 1. The molecule has 2 atom stereocenters. The molecule has 1 fully saturated rings. The molecule has 0 unspecified atom stereocenters. The van der Waals surface area contributed by atoms with E-state index in [0.29, 0.717) is 0 Å². The molecule has 1 aliphatic rings. The highest BCUT2D eigenvalue weighted by molar-refractivity contribution is 5.98. The molecular weight excluding hydrogens is 406 g/mol. The molecule has 7 nitrogen and oxygen atoms in total. The lowest BCUT2D eigenvalue weighted by Crippen LogP contribution is -2.43. The van der Waals surface area contributed by atoms with Crippen LogP contribution in [0.25, 0.3) is 0 Å². The van der Waals surface area contributed by atoms with Gasteiger partial charge < -0.3 is 26.8 Å². The van der Waals surface area contributed by atoms with Gasteiger partial charge in [0.05, 0.1) is 5.56 Å². The minimum atomic E-state index is -4.86. The van der Waals surface area contributed by atoms with Crippen molar-refractivity contribution >= 4 is 23.2 Å². The number of carbonyl (C=O) groups excluding carboxylic acids is 1. The highest BCUT2D eigenvalue weighted by atomic mass is 19.4. The molecule has 0 saturated heterocycles. The topological polar surface area (TPSA) is 115 Å². The highest BCUT2D eigenvalue weighted by Crippen LogP contribution is 2.29. The maximum atomic E-state index is 14.5. The van der Waals surface area contributed by atoms with Crippen molar-refractivity contribution in [2.75, 3.05) is 10.6 Å². The first-order valence-electron chi connectivity index (χ1n) is 9.27. The number of benzene rings is 1. The van der Waals surface area contributed by atoms with E-state index in [0.717, 1.165) is 43.9 Å². The molecule has 0 bridgehead atoms. The molecule has 1 amide bonds. The fraction of sp³-hybridized carbons (Fsp3) is 0.368. The SMILES string of the molecule is NC(=O)c1cc(F)c(N[C@@H]2CCCC[C@@H]2N)nc1Nc1cccc(OC(F)(F)F)c1. The summed E-state index contributed by atoms with van der Waals surface area (Å²) in [4.78, 5) is 15.8. The zero-order chi connectivity index (χ0) is 21.9. The number of hydrogen-bond acceptors (Lipinski definition) is 6. The first kappa shape index (κ1) is 21.6. The summed E-state index contributed by atoms with van der Waals surface area (Å²) in [7, 11) is 0. The van der Waals surface area contributed by atoms with Crippen LogP contribution in [0, 0.1) is 5.82 Å². The van der Waals surface area contributed by atoms with E-state index >= 15 is 0 Å². The number of pyridine rings is 1. The standard InChI is InChI=1S/C19H21F4N5O2/c20-13-9-12(16(25)29)17(28-18(13)27-15-7-2-1-6-14(15)24)26-10-4-3-5-11(8-10)30-19(21,22)23/h3-5,8-9,14-15H,1-2,6-7,24H2,(H2,25,29)(H2,26,27,28)/t14-,15+/m0/s1. The van der Waals surface area contributed by atoms with Gasteiger partial charge in [0.25, 0.3) is 5.91 Å². The van der Waals surface area contributed by atoms with Gasteiger partial charge in [-0.05, 0) is 31.0 Å². The van der Waals surface area contributed by atoms with E-state index in [-0.39, 0.29) is 35.0 Å². The van der Waals surface area contributed by atoms with Crippen molar-refractivity contribution in [1.29, 1.82) is 0 Å². The lowest BCUT2D eigenvalue weighted by molar-refractivity contribution is -0.274. The summed E-state index contributed by atoms with van der Waals surface area (Å²) in [5.74, 6) is -2.46. The monoisotopic (exact) mass is 427 g/mol. The van der Waals surface area contributed by atoms with Crippen LogP contribution in [0.1, 0.15) is 36.0 Å². The van der Waals surface area contributed by atoms with Gasteiger partial charge in [-0.25, -0.2) is 9.37 Å². The van der Waals surface area contributed by atoms with E-state index in [1.807, 2.05) is 0 Å². The highest BCUT2D eigenvalue weighted by Gasteiger charge is 2.31. The second kappa shape index (κ2) is 8.74. The molecular formula is C19H21F4N5O2. The Labute approximate surface area is 169 Å². The second-order valence-electron chi connectivity index (χ2n) is 6.98. The molecule has 1 heterocycles. The van der Waals surface area contributed by atoms with Gasteiger partial charge in [-0.3, -0.25) is 4.79 Å². The maximum Gasteiger partial charge on any atom is 0.573 e. The lowest BCUT2D eigenvalue weighted by atomic mass is 9.91. The van der Waals surface area contributed by atoms with E-state index in [4.69, 9.17) is 11.5 Å². The van der Waals surface area contributed by atoms with Gasteiger partial charge in [0.2, 0.25) is 0 Å². The average molecular weight is 427 g/mol. The van der Waals surface area contributed by atoms with Crippen LogP contribution in [0.4, 0.5) is 34.9 Å². The third-order valence-electron chi connectivity index (χ3n) is 4.71. The normalized spacial score (nSPS) is 19.2. The van der Waals surface area contributed by atoms with Crippen molar-refractivity contribution in [1.82, 2.24) is 4.98 Å². The number of alkyl halides is 3. The molecule has 11 heteroatoms. The number of nitrogens with two attached hydrogens (primary N) is 2. The van der Waals surface area contributed by atoms with Gasteiger partial charge in [-0.15, -0.1) is 13.2 Å². The van der Waals surface area contributed by atoms with Crippen LogP contribution < -0.4 is 26.8 Å². The Morgan fingerprint density at radius 3 is 2.57 bits per heavy atom. The van der Waals surface area contributed by atoms with E-state index < -0.39 is 23.8 Å². The summed E-state index contributed by atoms with van der Waals surface area (Å²) < 4.78 is 55.7. The fourth-order valence-corrected chi connectivity index (χ4v) is 3.30. The maximum absolute atomic E-state index is 14.5. The van der Waals surface area contributed by atoms with Crippen LogP contribution in [-0.2, 0) is 0 Å². The molecule has 0 spiro atoms. The summed E-state index contributed by atoms with van der Waals surface area (Å²) in [6.45, 7) is 0. The summed E-state index contributed by atoms with van der Waals surface area (Å²) in [6, 6.07) is 5.47. The molecule has 0 aliphatic heterocycles. The van der Waals surface area contributed by atoms with E-state index in [1.165, 1.54) is 12.1 Å². The number of aromatic nitrogens is 1. The van der Waals surface area contributed by atoms with Crippen LogP contribution in [0.3, 0.4) is 0 Å². The molecule has 6 N–H and O–H groups in total. The minimum absolute atomic E-state index is 0.111. The smallest absolute Gasteiger partial charge is 0.406 e. The fourth-order valence-electron chi connectivity index (χ4n) is 3.30. The van der Waals surface area contributed by atoms with Gasteiger partial charge in [-0.2, -0.15) is 0 Å². The molecule has 1 aliphatic carbocycles. The van der Waals surface area contributed by atoms with Gasteiger partial charge in [-0.1, -0.05) is 18.9 Å². The largest absolute Gasteiger partial charge is 0.573 e. The molecule has 30 heavy (non-hydrogen) atoms. The number of halogens is 4. The Balaban J connectivity index is 1.89. The van der Waals surface area contributed by atoms with E-state index in [2.05, 4.69) is 20.4 Å². The van der Waals surface area contributed by atoms with Crippen LogP contribution in [0.5, 0.6) is 5.75 Å². The molecule has 162 valence electrons. The zero-order valence-corrected chi connectivity index (χ0v) is 15.8. The molecule has 1 aromatic heterocycles. The van der Waals surface area contributed by atoms with Crippen molar-refractivity contribution < 1.29 is 27.1 Å². The second-order valence-corrected chi connectivity index (χ2v) is 6.98. The van der Waals surface area contributed by atoms with Gasteiger partial charge in [0.1, 0.15) is 11.6 Å². The van der Waals surface area contributed by atoms with Gasteiger partial charge >= 0.3 is 6.36 Å². The summed E-state index contributed by atoms with van der Waals surface area (Å²) >= 11 is 0. The number of nitrogens with zero attached hydrogens (tertiary/aromatic N) is 1. The predicted octanol–water partition coefficient (Wildman–Crippen LogP) is 3.64. The molecule has 1 aromatic carbocycles. The predicted molar refractivity (Wildman–Crippen MR) is 103 cm³/mol. The number of ether oxygens (including phenoxy) is 1. The molecule has 0 radical (unpaired) electrons. The van der Waals surface area contributed by atoms with Crippen molar-refractivity contribution in [2.24, 2.45) is 11.5 Å². The third-order valence-corrected chi connectivity index (χ3v) is 4.71. The van der Waals surface area contributed by atoms with E-state index in [9.17, 15) is 22.4 Å². The number of hydrogen-bond donors (Lipinski definition) is 4. The number of nitrogens with one attached hydrogen (secondary N) is 2. The van der Waals surface area contributed by atoms with E-state index in [1.54, 1.807) is 0 Å². The summed E-state index contributed by atoms with van der Waals surface area (Å²) in [6.07, 6.45) is -1.42. The first-order valence-corrected chi connectivity index (χ1v) is 9.27. The Morgan fingerprint density at radius 2 is 1.90 bits per heavy atom. The Kier molecular flexibility index (Phi) is 6.30. The summed E-state index contributed by atoms with van der Waals surface area (Å²) in [5, 5.41) is 5.66. The number of carbonyl (C=O) groups is 1. The quantitative estimate of drug-likeness (QED) is 0.523. The Bertz CT molecular complexity index is 922. The lowest BCUT2D eigenvalue weighted by Gasteiger charge is -2.30. The van der Waals surface area contributed by atoms with Crippen molar-refractivity contribution in [3.63, 3.8) is 0 Å². The first-order chi connectivity index (χ1) is 14.1. The van der Waals surface area contributed by atoms with Gasteiger partial charge in [0, 0.05) is 23.8 Å². The zero-order valence-electron chi connectivity index (χ0n) is 15.8. The number of rotatable bonds is 6. The molecule has 3 rings (SSSR count). The van der Waals surface area contributed by atoms with Crippen molar-refractivity contribution in [2.45, 2.75) is 44.1 Å². The van der Waals surface area contributed by atoms with Crippen LogP contribution in [0.2, 0.25) is 0 Å². The minimum Gasteiger partial charge on any atom is -0.406 e. The third kappa shape index (κ3) is 5.50. The Hall–Kier alpha value is -3.08. The van der Waals surface area contributed by atoms with Crippen molar-refractivity contribution in [3.8, 4) is 5.75 Å². The molecule has 1 saturated carbocycles. The van der Waals surface area contributed by atoms with Crippen LogP contribution >= 0.6 is 0 Å². The Morgan fingerprint density at radius 1 is 1.17 bits per heavy atom. The summed E-state index contributed by atoms with van der Waals surface area (Å²) in [5.41, 5.74) is 11.3. The molecule has 2 aromatic rings. The average Bonchev–Trinajstić information content (AvgIpc) is 2.64. The number of primary amides is 1. The van der Waals surface area contributed by atoms with Crippen LogP contribution in [-0.4, -0.2) is 29.3 Å². The van der Waals surface area contributed by atoms with Gasteiger partial charge in [0.15, 0.2) is 11.6 Å². The number of anilines is 3. The van der Waals surface area contributed by atoms with Crippen molar-refractivity contribution in [3.05, 3.63) is 41.7 Å².